The van der Waals surface area contributed by atoms with Crippen LogP contribution in [0.25, 0.3) is 0 Å². The first-order chi connectivity index (χ1) is 5.38. The van der Waals surface area contributed by atoms with Crippen molar-refractivity contribution < 1.29 is 4.74 Å². The summed E-state index contributed by atoms with van der Waals surface area (Å²) in [6.45, 7) is 3.72. The highest BCUT2D eigenvalue weighted by atomic mass is 16.5. The van der Waals surface area contributed by atoms with Gasteiger partial charge in [0.05, 0.1) is 0 Å². The lowest BCUT2D eigenvalue weighted by atomic mass is 10.7. The van der Waals surface area contributed by atoms with Crippen molar-refractivity contribution >= 4 is 0 Å². The summed E-state index contributed by atoms with van der Waals surface area (Å²) in [5, 5.41) is 3.93. The Labute approximate surface area is 65.2 Å². The normalized spacial score (nSPS) is 10.0. The number of hydrogen-bond acceptors (Lipinski definition) is 4. The summed E-state index contributed by atoms with van der Waals surface area (Å²) in [7, 11) is 0. The molecule has 0 fully saturated rings. The maximum atomic E-state index is 5.25. The minimum atomic E-state index is 0.485. The molecule has 62 valence electrons. The van der Waals surface area contributed by atoms with Crippen LogP contribution in [0.2, 0.25) is 0 Å². The van der Waals surface area contributed by atoms with E-state index in [4.69, 9.17) is 10.5 Å². The predicted molar refractivity (Wildman–Crippen MR) is 40.2 cm³/mol. The maximum Gasteiger partial charge on any atom is 0.314 e. The lowest BCUT2D eigenvalue weighted by Gasteiger charge is -2.02. The predicted octanol–water partition coefficient (Wildman–Crippen LogP) is -0.364. The molecule has 0 saturated heterocycles. The topological polar surface area (TPSA) is 66.0 Å². The van der Waals surface area contributed by atoms with Crippen LogP contribution in [0.3, 0.4) is 0 Å². The van der Waals surface area contributed by atoms with Gasteiger partial charge in [0.2, 0.25) is 0 Å². The average molecular weight is 156 g/mol. The Bertz CT molecular complexity index is 210. The van der Waals surface area contributed by atoms with Crippen LogP contribution in [0.15, 0.2) is 6.33 Å². The van der Waals surface area contributed by atoms with Gasteiger partial charge in [0.15, 0.2) is 0 Å². The van der Waals surface area contributed by atoms with Gasteiger partial charge >= 0.3 is 6.01 Å². The maximum absolute atomic E-state index is 5.25. The van der Waals surface area contributed by atoms with Crippen LogP contribution >= 0.6 is 0 Å². The Morgan fingerprint density at radius 3 is 3.18 bits per heavy atom. The molecule has 0 aliphatic carbocycles. The first-order valence-electron chi connectivity index (χ1n) is 3.59. The van der Waals surface area contributed by atoms with E-state index < -0.39 is 0 Å². The number of aromatic nitrogens is 3. The molecule has 1 heterocycles. The minimum Gasteiger partial charge on any atom is -0.462 e. The third-order valence-corrected chi connectivity index (χ3v) is 1.23. The van der Waals surface area contributed by atoms with Crippen molar-refractivity contribution in [1.82, 2.24) is 14.8 Å². The molecular weight excluding hydrogens is 144 g/mol. The smallest absolute Gasteiger partial charge is 0.314 e. The second kappa shape index (κ2) is 3.92. The van der Waals surface area contributed by atoms with E-state index in [9.17, 15) is 0 Å². The molecule has 0 spiro atoms. The molecule has 1 aromatic rings. The van der Waals surface area contributed by atoms with Gasteiger partial charge in [0.25, 0.3) is 0 Å². The van der Waals surface area contributed by atoms with Crippen LogP contribution in [0.4, 0.5) is 0 Å². The van der Waals surface area contributed by atoms with E-state index in [1.165, 1.54) is 6.33 Å². The average Bonchev–Trinajstić information content (AvgIpc) is 2.47. The highest BCUT2D eigenvalue weighted by molar-refractivity contribution is 4.90. The van der Waals surface area contributed by atoms with Crippen molar-refractivity contribution in [3.63, 3.8) is 0 Å². The van der Waals surface area contributed by atoms with Gasteiger partial charge in [-0.3, -0.25) is 0 Å². The van der Waals surface area contributed by atoms with Gasteiger partial charge in [-0.1, -0.05) is 0 Å². The number of nitrogens with zero attached hydrogens (tertiary/aromatic N) is 3. The van der Waals surface area contributed by atoms with Gasteiger partial charge in [-0.15, -0.1) is 0 Å². The molecule has 0 bridgehead atoms. The first kappa shape index (κ1) is 8.00. The van der Waals surface area contributed by atoms with Crippen molar-refractivity contribution in [3.8, 4) is 6.01 Å². The Hall–Kier alpha value is -1.10. The Balaban J connectivity index is 2.54. The number of nitrogens with two attached hydrogens (primary N) is 1. The summed E-state index contributed by atoms with van der Waals surface area (Å²) in [4.78, 5) is 3.90. The van der Waals surface area contributed by atoms with E-state index in [1.807, 2.05) is 6.92 Å². The van der Waals surface area contributed by atoms with Crippen molar-refractivity contribution in [2.24, 2.45) is 5.73 Å². The number of rotatable bonds is 4. The van der Waals surface area contributed by atoms with E-state index in [0.717, 1.165) is 6.54 Å². The van der Waals surface area contributed by atoms with Crippen molar-refractivity contribution in [3.05, 3.63) is 6.33 Å². The molecule has 0 radical (unpaired) electrons. The number of hydrogen-bond donors (Lipinski definition) is 1. The molecule has 0 aliphatic heterocycles. The van der Waals surface area contributed by atoms with E-state index >= 15 is 0 Å². The van der Waals surface area contributed by atoms with Gasteiger partial charge in [0.1, 0.15) is 12.9 Å². The third-order valence-electron chi connectivity index (χ3n) is 1.23. The van der Waals surface area contributed by atoms with Crippen molar-refractivity contribution in [2.45, 2.75) is 13.5 Å². The third kappa shape index (κ3) is 1.91. The van der Waals surface area contributed by atoms with E-state index in [-0.39, 0.29) is 0 Å². The van der Waals surface area contributed by atoms with Crippen LogP contribution in [0.1, 0.15) is 6.92 Å². The molecule has 0 saturated carbocycles. The van der Waals surface area contributed by atoms with Crippen LogP contribution < -0.4 is 10.5 Å². The molecule has 0 atom stereocenters. The molecule has 11 heavy (non-hydrogen) atoms. The quantitative estimate of drug-likeness (QED) is 0.646. The second-order valence-electron chi connectivity index (χ2n) is 2.00. The van der Waals surface area contributed by atoms with Crippen LogP contribution in [-0.2, 0) is 6.54 Å². The zero-order chi connectivity index (χ0) is 8.10. The largest absolute Gasteiger partial charge is 0.462 e. The number of aryl methyl sites for hydroxylation is 1. The van der Waals surface area contributed by atoms with Crippen LogP contribution in [0, 0.1) is 0 Å². The van der Waals surface area contributed by atoms with E-state index in [0.29, 0.717) is 19.2 Å². The summed E-state index contributed by atoms with van der Waals surface area (Å²) in [6, 6.07) is 0.540. The zero-order valence-corrected chi connectivity index (χ0v) is 6.53. The highest BCUT2D eigenvalue weighted by Crippen LogP contribution is 2.02. The molecule has 5 heteroatoms. The molecule has 0 aromatic carbocycles. The molecule has 0 amide bonds. The lowest BCUT2D eigenvalue weighted by Crippen LogP contribution is -2.13. The summed E-state index contributed by atoms with van der Waals surface area (Å²) in [5.41, 5.74) is 5.25. The molecule has 0 aliphatic rings. The fraction of sp³-hybridized carbons (Fsp3) is 0.667. The monoisotopic (exact) mass is 156 g/mol. The Morgan fingerprint density at radius 2 is 2.55 bits per heavy atom. The van der Waals surface area contributed by atoms with Gasteiger partial charge in [0, 0.05) is 13.1 Å². The Kier molecular flexibility index (Phi) is 2.85. The summed E-state index contributed by atoms with van der Waals surface area (Å²) in [6.07, 6.45) is 1.47. The van der Waals surface area contributed by atoms with Gasteiger partial charge < -0.3 is 10.5 Å². The summed E-state index contributed by atoms with van der Waals surface area (Å²) >= 11 is 0. The van der Waals surface area contributed by atoms with E-state index in [2.05, 4.69) is 10.1 Å². The highest BCUT2D eigenvalue weighted by Gasteiger charge is 2.00. The standard InChI is InChI=1S/C6H12N4O/c1-2-10-6(8-5-9-10)11-4-3-7/h5H,2-4,7H2,1H3. The van der Waals surface area contributed by atoms with Crippen molar-refractivity contribution in [2.75, 3.05) is 13.2 Å². The van der Waals surface area contributed by atoms with Crippen LogP contribution in [0.5, 0.6) is 6.01 Å². The van der Waals surface area contributed by atoms with Crippen molar-refractivity contribution in [1.29, 1.82) is 0 Å². The van der Waals surface area contributed by atoms with Gasteiger partial charge in [-0.05, 0) is 6.92 Å². The molecule has 5 nitrogen and oxygen atoms in total. The van der Waals surface area contributed by atoms with Gasteiger partial charge in [-0.2, -0.15) is 10.1 Å². The number of ether oxygens (including phenoxy) is 1. The molecule has 1 aromatic heterocycles. The Morgan fingerprint density at radius 1 is 1.73 bits per heavy atom. The summed E-state index contributed by atoms with van der Waals surface area (Å²) < 4.78 is 6.86. The van der Waals surface area contributed by atoms with Crippen LogP contribution in [-0.4, -0.2) is 27.9 Å². The molecule has 2 N–H and O–H groups in total. The molecule has 1 rings (SSSR count). The van der Waals surface area contributed by atoms with E-state index in [1.54, 1.807) is 4.68 Å². The lowest BCUT2D eigenvalue weighted by molar-refractivity contribution is 0.282. The fourth-order valence-corrected chi connectivity index (χ4v) is 0.732. The molecule has 0 unspecified atom stereocenters. The second-order valence-corrected chi connectivity index (χ2v) is 2.00. The summed E-state index contributed by atoms with van der Waals surface area (Å²) in [5.74, 6) is 0. The minimum absolute atomic E-state index is 0.485. The molecular formula is C6H12N4O. The van der Waals surface area contributed by atoms with Gasteiger partial charge in [-0.25, -0.2) is 4.68 Å². The zero-order valence-electron chi connectivity index (χ0n) is 6.53. The SMILES string of the molecule is CCn1ncnc1OCCN. The fourth-order valence-electron chi connectivity index (χ4n) is 0.732. The first-order valence-corrected chi connectivity index (χ1v) is 3.59.